The predicted octanol–water partition coefficient (Wildman–Crippen LogP) is 3.19. The van der Waals surface area contributed by atoms with Crippen LogP contribution in [0.2, 0.25) is 0 Å². The Hall–Kier alpha value is -0.570. The summed E-state index contributed by atoms with van der Waals surface area (Å²) < 4.78 is 0. The van der Waals surface area contributed by atoms with Crippen LogP contribution in [-0.4, -0.2) is 18.1 Å². The van der Waals surface area contributed by atoms with Gasteiger partial charge in [0.05, 0.1) is 0 Å². The lowest BCUT2D eigenvalue weighted by Crippen LogP contribution is -2.59. The average molecular weight is 310 g/mol. The number of benzene rings is 1. The minimum Gasteiger partial charge on any atom is -0.412 e. The minimum atomic E-state index is 0. The van der Waals surface area contributed by atoms with Crippen molar-refractivity contribution in [2.75, 3.05) is 6.54 Å². The molecular weight excluding hydrogens is 282 g/mol. The van der Waals surface area contributed by atoms with Gasteiger partial charge in [-0.25, -0.2) is 0 Å². The molecule has 3 aliphatic rings. The number of piperidine rings is 1. The number of hydrogen-bond acceptors (Lipinski definition) is 1. The third kappa shape index (κ3) is 2.32. The van der Waals surface area contributed by atoms with Gasteiger partial charge in [0.1, 0.15) is 0 Å². The Morgan fingerprint density at radius 3 is 2.90 bits per heavy atom. The summed E-state index contributed by atoms with van der Waals surface area (Å²) in [7, 11) is 0. The summed E-state index contributed by atoms with van der Waals surface area (Å²) >= 11 is 0. The molecule has 0 aromatic heterocycles. The van der Waals surface area contributed by atoms with E-state index in [0.29, 0.717) is 5.41 Å². The molecule has 21 heavy (non-hydrogen) atoms. The molecule has 1 aromatic carbocycles. The van der Waals surface area contributed by atoms with Gasteiger partial charge in [0, 0.05) is 11.5 Å². The molecule has 3 atom stereocenters. The molecule has 0 unspecified atom stereocenters. The second kappa shape index (κ2) is 6.28. The zero-order chi connectivity index (χ0) is 12.9. The first-order chi connectivity index (χ1) is 9.35. The third-order valence-electron chi connectivity index (χ3n) is 6.18. The van der Waals surface area contributed by atoms with Crippen LogP contribution in [-0.2, 0) is 18.3 Å². The number of rotatable bonds is 1. The fraction of sp³-hybridized carbons (Fsp3) is 0.667. The summed E-state index contributed by atoms with van der Waals surface area (Å²) in [6.07, 6.45) is 9.63. The molecule has 0 spiro atoms. The van der Waals surface area contributed by atoms with Crippen LogP contribution in [0.25, 0.3) is 0 Å². The predicted molar refractivity (Wildman–Crippen MR) is 90.4 cm³/mol. The molecule has 0 radical (unpaired) electrons. The van der Waals surface area contributed by atoms with Crippen molar-refractivity contribution in [2.24, 2.45) is 5.92 Å². The largest absolute Gasteiger partial charge is 0.412 e. The van der Waals surface area contributed by atoms with Crippen LogP contribution in [0.15, 0.2) is 18.2 Å². The fourth-order valence-corrected chi connectivity index (χ4v) is 5.36. The van der Waals surface area contributed by atoms with Crippen molar-refractivity contribution >= 4 is 12.4 Å². The van der Waals surface area contributed by atoms with Crippen molar-refractivity contribution in [1.29, 1.82) is 0 Å². The van der Waals surface area contributed by atoms with Gasteiger partial charge < -0.3 is 10.8 Å². The normalized spacial score (nSPS) is 33.0. The number of hydrogen-bond donors (Lipinski definition) is 1. The van der Waals surface area contributed by atoms with Crippen molar-refractivity contribution in [3.8, 4) is 0 Å². The summed E-state index contributed by atoms with van der Waals surface area (Å²) in [6, 6.07) is 7.90. The standard InChI is InChI=1S/C18H25N.ClH.H2O/c1-2-13-6-5-8-15-14(13)12-17-16-7-3-4-9-18(15,16)10-11-19-17;;/h5-6,8,16-17,19H,2-4,7,9-12H2,1H3;1H;1H2/t16-,17+,18-;;/m0../s1. The van der Waals surface area contributed by atoms with Crippen molar-refractivity contribution in [3.05, 3.63) is 34.9 Å². The van der Waals surface area contributed by atoms with Crippen molar-refractivity contribution in [2.45, 2.75) is 63.3 Å². The maximum absolute atomic E-state index is 3.84. The van der Waals surface area contributed by atoms with Gasteiger partial charge in [-0.1, -0.05) is 38.0 Å². The van der Waals surface area contributed by atoms with E-state index in [4.69, 9.17) is 0 Å². The van der Waals surface area contributed by atoms with Crippen molar-refractivity contribution < 1.29 is 5.48 Å². The lowest BCUT2D eigenvalue weighted by molar-refractivity contribution is 0.0795. The summed E-state index contributed by atoms with van der Waals surface area (Å²) in [4.78, 5) is 0. The van der Waals surface area contributed by atoms with Crippen LogP contribution in [0, 0.1) is 5.92 Å². The second-order valence-electron chi connectivity index (χ2n) is 6.82. The molecule has 2 bridgehead atoms. The van der Waals surface area contributed by atoms with E-state index in [1.54, 1.807) is 16.7 Å². The van der Waals surface area contributed by atoms with E-state index >= 15 is 0 Å². The molecule has 4 rings (SSSR count). The molecule has 3 heteroatoms. The molecule has 1 aromatic rings. The first kappa shape index (κ1) is 16.8. The molecular formula is C18H28ClNO. The Morgan fingerprint density at radius 1 is 1.24 bits per heavy atom. The van der Waals surface area contributed by atoms with E-state index in [-0.39, 0.29) is 17.9 Å². The summed E-state index contributed by atoms with van der Waals surface area (Å²) in [5.41, 5.74) is 5.59. The maximum Gasteiger partial charge on any atom is 0.0144 e. The van der Waals surface area contributed by atoms with Gasteiger partial charge in [-0.2, -0.15) is 0 Å². The van der Waals surface area contributed by atoms with Gasteiger partial charge in [0.15, 0.2) is 0 Å². The van der Waals surface area contributed by atoms with Crippen LogP contribution >= 0.6 is 12.4 Å². The quantitative estimate of drug-likeness (QED) is 0.850. The van der Waals surface area contributed by atoms with E-state index < -0.39 is 0 Å². The third-order valence-corrected chi connectivity index (χ3v) is 6.18. The lowest BCUT2D eigenvalue weighted by Gasteiger charge is -2.56. The SMILES string of the molecule is CCc1cccc2c1C[C@H]1NCC[C@@]23CCCC[C@@H]13.Cl.O. The second-order valence-corrected chi connectivity index (χ2v) is 6.82. The highest BCUT2D eigenvalue weighted by Gasteiger charge is 2.51. The van der Waals surface area contributed by atoms with Gasteiger partial charge >= 0.3 is 0 Å². The van der Waals surface area contributed by atoms with E-state index in [1.807, 2.05) is 0 Å². The molecule has 0 amide bonds. The van der Waals surface area contributed by atoms with Crippen molar-refractivity contribution in [3.63, 3.8) is 0 Å². The monoisotopic (exact) mass is 309 g/mol. The highest BCUT2D eigenvalue weighted by molar-refractivity contribution is 5.85. The van der Waals surface area contributed by atoms with E-state index in [0.717, 1.165) is 12.0 Å². The first-order valence-electron chi connectivity index (χ1n) is 8.20. The first-order valence-corrected chi connectivity index (χ1v) is 8.20. The van der Waals surface area contributed by atoms with Crippen LogP contribution in [0.3, 0.4) is 0 Å². The molecule has 118 valence electrons. The highest BCUT2D eigenvalue weighted by atomic mass is 35.5. The number of fused-ring (bicyclic) bond motifs is 1. The highest BCUT2D eigenvalue weighted by Crippen LogP contribution is 2.54. The maximum atomic E-state index is 3.84. The number of halogens is 1. The molecule has 1 saturated heterocycles. The number of nitrogens with one attached hydrogen (secondary N) is 1. The Labute approximate surface area is 134 Å². The van der Waals surface area contributed by atoms with Crippen LogP contribution in [0.1, 0.15) is 55.7 Å². The van der Waals surface area contributed by atoms with E-state index in [1.165, 1.54) is 51.5 Å². The lowest BCUT2D eigenvalue weighted by atomic mass is 9.52. The minimum absolute atomic E-state index is 0. The summed E-state index contributed by atoms with van der Waals surface area (Å²) in [5, 5.41) is 3.84. The van der Waals surface area contributed by atoms with Crippen LogP contribution in [0.4, 0.5) is 0 Å². The Bertz CT molecular complexity index is 500. The molecule has 2 nitrogen and oxygen atoms in total. The smallest absolute Gasteiger partial charge is 0.0144 e. The van der Waals surface area contributed by atoms with E-state index in [9.17, 15) is 0 Å². The van der Waals surface area contributed by atoms with Gasteiger partial charge in [-0.15, -0.1) is 12.4 Å². The number of aryl methyl sites for hydroxylation is 1. The van der Waals surface area contributed by atoms with Gasteiger partial charge in [0.25, 0.3) is 0 Å². The van der Waals surface area contributed by atoms with Crippen molar-refractivity contribution in [1.82, 2.24) is 5.32 Å². The molecule has 1 aliphatic heterocycles. The van der Waals surface area contributed by atoms with E-state index in [2.05, 4.69) is 30.4 Å². The fourth-order valence-electron chi connectivity index (χ4n) is 5.36. The Morgan fingerprint density at radius 2 is 2.10 bits per heavy atom. The topological polar surface area (TPSA) is 43.5 Å². The Kier molecular flexibility index (Phi) is 5.02. The zero-order valence-electron chi connectivity index (χ0n) is 13.0. The Balaban J connectivity index is 0.000000807. The van der Waals surface area contributed by atoms with Gasteiger partial charge in [-0.05, 0) is 61.3 Å². The average Bonchev–Trinajstić information content (AvgIpc) is 2.46. The molecule has 1 heterocycles. The van der Waals surface area contributed by atoms with Gasteiger partial charge in [-0.3, -0.25) is 0 Å². The van der Waals surface area contributed by atoms with Crippen LogP contribution in [0.5, 0.6) is 0 Å². The molecule has 2 aliphatic carbocycles. The van der Waals surface area contributed by atoms with Gasteiger partial charge in [0.2, 0.25) is 0 Å². The molecule has 1 saturated carbocycles. The molecule has 2 fully saturated rings. The van der Waals surface area contributed by atoms with Crippen LogP contribution < -0.4 is 5.32 Å². The molecule has 3 N–H and O–H groups in total. The zero-order valence-corrected chi connectivity index (χ0v) is 13.8. The summed E-state index contributed by atoms with van der Waals surface area (Å²) in [6.45, 7) is 3.54. The summed E-state index contributed by atoms with van der Waals surface area (Å²) in [5.74, 6) is 0.912.